The van der Waals surface area contributed by atoms with Gasteiger partial charge in [0.1, 0.15) is 29.3 Å². The minimum absolute atomic E-state index is 0.205. The molecule has 3 rings (SSSR count). The molecular formula is C14H9F2N3. The molecule has 2 aromatic carbocycles. The quantitative estimate of drug-likeness (QED) is 0.761. The normalized spacial score (nSPS) is 10.6. The first-order valence-electron chi connectivity index (χ1n) is 5.66. The number of para-hydroxylation sites is 2. The monoisotopic (exact) mass is 257 g/mol. The average molecular weight is 257 g/mol. The molecule has 0 fully saturated rings. The third-order valence-electron chi connectivity index (χ3n) is 2.74. The number of hydrogen-bond donors (Lipinski definition) is 1. The smallest absolute Gasteiger partial charge is 0.149 e. The van der Waals surface area contributed by atoms with Crippen molar-refractivity contribution >= 4 is 22.4 Å². The summed E-state index contributed by atoms with van der Waals surface area (Å²) in [6, 6.07) is 10.8. The van der Waals surface area contributed by atoms with Crippen molar-refractivity contribution in [2.75, 3.05) is 5.32 Å². The second-order valence-corrected chi connectivity index (χ2v) is 3.96. The zero-order chi connectivity index (χ0) is 13.2. The van der Waals surface area contributed by atoms with Crippen LogP contribution in [-0.2, 0) is 0 Å². The molecule has 0 bridgehead atoms. The van der Waals surface area contributed by atoms with Crippen molar-refractivity contribution in [2.45, 2.75) is 0 Å². The fourth-order valence-electron chi connectivity index (χ4n) is 1.84. The van der Waals surface area contributed by atoms with E-state index in [4.69, 9.17) is 0 Å². The molecule has 5 heteroatoms. The highest BCUT2D eigenvalue weighted by Crippen LogP contribution is 2.25. The lowest BCUT2D eigenvalue weighted by Crippen LogP contribution is -1.98. The maximum Gasteiger partial charge on any atom is 0.149 e. The molecule has 1 N–H and O–H groups in total. The summed E-state index contributed by atoms with van der Waals surface area (Å²) in [7, 11) is 0. The molecule has 3 nitrogen and oxygen atoms in total. The lowest BCUT2D eigenvalue weighted by Gasteiger charge is -2.09. The largest absolute Gasteiger partial charge is 0.337 e. The Kier molecular flexibility index (Phi) is 2.79. The van der Waals surface area contributed by atoms with Gasteiger partial charge in [-0.1, -0.05) is 18.2 Å². The summed E-state index contributed by atoms with van der Waals surface area (Å²) >= 11 is 0. The van der Waals surface area contributed by atoms with E-state index in [1.807, 2.05) is 0 Å². The Balaban J connectivity index is 2.12. The third-order valence-corrected chi connectivity index (χ3v) is 2.74. The highest BCUT2D eigenvalue weighted by Gasteiger charge is 2.09. The molecule has 3 aromatic rings. The van der Waals surface area contributed by atoms with Gasteiger partial charge in [0.25, 0.3) is 0 Å². The molecule has 0 amide bonds. The Labute approximate surface area is 107 Å². The highest BCUT2D eigenvalue weighted by atomic mass is 19.1. The first-order chi connectivity index (χ1) is 9.25. The minimum Gasteiger partial charge on any atom is -0.337 e. The minimum atomic E-state index is -0.434. The number of halogens is 2. The Morgan fingerprint density at radius 1 is 0.842 bits per heavy atom. The topological polar surface area (TPSA) is 37.8 Å². The third kappa shape index (κ3) is 2.10. The van der Waals surface area contributed by atoms with Crippen LogP contribution in [0.2, 0.25) is 0 Å². The number of rotatable bonds is 2. The summed E-state index contributed by atoms with van der Waals surface area (Å²) in [4.78, 5) is 7.91. The maximum absolute atomic E-state index is 13.6. The van der Waals surface area contributed by atoms with Crippen molar-refractivity contribution in [3.05, 3.63) is 60.4 Å². The zero-order valence-corrected chi connectivity index (χ0v) is 9.77. The molecule has 1 heterocycles. The summed E-state index contributed by atoms with van der Waals surface area (Å²) in [5.41, 5.74) is 0.489. The van der Waals surface area contributed by atoms with Gasteiger partial charge in [-0.2, -0.15) is 0 Å². The van der Waals surface area contributed by atoms with Crippen molar-refractivity contribution in [1.82, 2.24) is 9.97 Å². The van der Waals surface area contributed by atoms with E-state index in [-0.39, 0.29) is 11.2 Å². The molecule has 0 atom stereocenters. The number of anilines is 2. The van der Waals surface area contributed by atoms with Crippen molar-refractivity contribution < 1.29 is 8.78 Å². The molecular weight excluding hydrogens is 248 g/mol. The Morgan fingerprint density at radius 3 is 2.47 bits per heavy atom. The molecule has 0 unspecified atom stereocenters. The van der Waals surface area contributed by atoms with Crippen molar-refractivity contribution in [1.29, 1.82) is 0 Å². The molecule has 19 heavy (non-hydrogen) atoms. The lowest BCUT2D eigenvalue weighted by molar-refractivity contribution is 0.632. The van der Waals surface area contributed by atoms with E-state index in [1.54, 1.807) is 30.3 Å². The standard InChI is InChI=1S/C14H9F2N3/c15-10-5-1-2-7-12(10)19-14-9-4-3-6-11(16)13(9)17-8-18-14/h1-8H,(H,17,18,19). The van der Waals surface area contributed by atoms with E-state index in [9.17, 15) is 8.78 Å². The van der Waals surface area contributed by atoms with Crippen molar-refractivity contribution in [2.24, 2.45) is 0 Å². The lowest BCUT2D eigenvalue weighted by atomic mass is 10.2. The number of hydrogen-bond acceptors (Lipinski definition) is 3. The number of fused-ring (bicyclic) bond motifs is 1. The molecule has 94 valence electrons. The summed E-state index contributed by atoms with van der Waals surface area (Å²) in [6.07, 6.45) is 1.24. The van der Waals surface area contributed by atoms with Gasteiger partial charge in [-0.25, -0.2) is 18.7 Å². The van der Waals surface area contributed by atoms with E-state index in [2.05, 4.69) is 15.3 Å². The first kappa shape index (κ1) is 11.5. The van der Waals surface area contributed by atoms with Crippen LogP contribution in [0.3, 0.4) is 0 Å². The second kappa shape index (κ2) is 4.61. The van der Waals surface area contributed by atoms with Gasteiger partial charge >= 0.3 is 0 Å². The van der Waals surface area contributed by atoms with Crippen LogP contribution in [0, 0.1) is 11.6 Å². The van der Waals surface area contributed by atoms with Crippen molar-refractivity contribution in [3.8, 4) is 0 Å². The van der Waals surface area contributed by atoms with E-state index in [1.165, 1.54) is 18.5 Å². The van der Waals surface area contributed by atoms with Crippen LogP contribution in [0.5, 0.6) is 0 Å². The van der Waals surface area contributed by atoms with Crippen LogP contribution in [0.15, 0.2) is 48.8 Å². The van der Waals surface area contributed by atoms with Crippen LogP contribution in [0.25, 0.3) is 10.9 Å². The molecule has 1 aromatic heterocycles. The average Bonchev–Trinajstić information content (AvgIpc) is 2.42. The van der Waals surface area contributed by atoms with Crippen LogP contribution >= 0.6 is 0 Å². The van der Waals surface area contributed by atoms with Crippen LogP contribution in [0.4, 0.5) is 20.3 Å². The van der Waals surface area contributed by atoms with E-state index in [0.29, 0.717) is 11.2 Å². The molecule has 0 aliphatic rings. The molecule has 0 radical (unpaired) electrons. The predicted molar refractivity (Wildman–Crippen MR) is 69.2 cm³/mol. The van der Waals surface area contributed by atoms with E-state index in [0.717, 1.165) is 0 Å². The molecule has 0 saturated heterocycles. The predicted octanol–water partition coefficient (Wildman–Crippen LogP) is 3.65. The fourth-order valence-corrected chi connectivity index (χ4v) is 1.84. The number of benzene rings is 2. The van der Waals surface area contributed by atoms with Gasteiger partial charge in [-0.3, -0.25) is 0 Å². The van der Waals surface area contributed by atoms with Gasteiger partial charge in [-0.05, 0) is 24.3 Å². The molecule has 0 aliphatic carbocycles. The molecule has 0 spiro atoms. The van der Waals surface area contributed by atoms with Crippen LogP contribution in [-0.4, -0.2) is 9.97 Å². The van der Waals surface area contributed by atoms with Crippen molar-refractivity contribution in [3.63, 3.8) is 0 Å². The first-order valence-corrected chi connectivity index (χ1v) is 5.66. The van der Waals surface area contributed by atoms with Gasteiger partial charge in [-0.15, -0.1) is 0 Å². The van der Waals surface area contributed by atoms with Crippen LogP contribution in [0.1, 0.15) is 0 Å². The number of nitrogens with zero attached hydrogens (tertiary/aromatic N) is 2. The van der Waals surface area contributed by atoms with Gasteiger partial charge in [0.2, 0.25) is 0 Å². The fraction of sp³-hybridized carbons (Fsp3) is 0. The van der Waals surface area contributed by atoms with Gasteiger partial charge in [0.15, 0.2) is 0 Å². The summed E-state index contributed by atoms with van der Waals surface area (Å²) < 4.78 is 27.2. The van der Waals surface area contributed by atoms with Gasteiger partial charge in [0, 0.05) is 5.39 Å². The molecule has 0 saturated carbocycles. The SMILES string of the molecule is Fc1ccccc1Nc1ncnc2c(F)cccc12. The summed E-state index contributed by atoms with van der Waals surface area (Å²) in [5.74, 6) is -0.461. The van der Waals surface area contributed by atoms with E-state index < -0.39 is 11.6 Å². The van der Waals surface area contributed by atoms with E-state index >= 15 is 0 Å². The second-order valence-electron chi connectivity index (χ2n) is 3.96. The summed E-state index contributed by atoms with van der Waals surface area (Å²) in [5, 5.41) is 3.35. The molecule has 0 aliphatic heterocycles. The maximum atomic E-state index is 13.6. The zero-order valence-electron chi connectivity index (χ0n) is 9.77. The van der Waals surface area contributed by atoms with Crippen LogP contribution < -0.4 is 5.32 Å². The Morgan fingerprint density at radius 2 is 1.63 bits per heavy atom. The highest BCUT2D eigenvalue weighted by molar-refractivity contribution is 5.90. The Bertz CT molecular complexity index is 744. The number of nitrogens with one attached hydrogen (secondary N) is 1. The van der Waals surface area contributed by atoms with Gasteiger partial charge < -0.3 is 5.32 Å². The summed E-state index contributed by atoms with van der Waals surface area (Å²) in [6.45, 7) is 0. The number of aromatic nitrogens is 2. The van der Waals surface area contributed by atoms with Gasteiger partial charge in [0.05, 0.1) is 5.69 Å². The Hall–Kier alpha value is -2.56.